The zero-order valence-electron chi connectivity index (χ0n) is 18.9. The number of aliphatic carboxylic acids is 1. The summed E-state index contributed by atoms with van der Waals surface area (Å²) in [7, 11) is 0. The maximum absolute atomic E-state index is 12.3. The molecule has 180 valence electrons. The van der Waals surface area contributed by atoms with Crippen LogP contribution in [0.3, 0.4) is 0 Å². The molecule has 2 aliphatic rings. The Labute approximate surface area is 201 Å². The molecule has 10 heteroatoms. The van der Waals surface area contributed by atoms with Gasteiger partial charge in [0.1, 0.15) is 18.8 Å². The van der Waals surface area contributed by atoms with Gasteiger partial charge in [0.15, 0.2) is 0 Å². The number of amides is 2. The highest BCUT2D eigenvalue weighted by molar-refractivity contribution is 5.82. The predicted octanol–water partition coefficient (Wildman–Crippen LogP) is 2.15. The molecule has 0 radical (unpaired) electrons. The van der Waals surface area contributed by atoms with E-state index in [1.54, 1.807) is 0 Å². The van der Waals surface area contributed by atoms with Crippen LogP contribution in [0.15, 0.2) is 54.7 Å². The van der Waals surface area contributed by atoms with E-state index in [1.807, 2.05) is 24.3 Å². The van der Waals surface area contributed by atoms with Crippen LogP contribution in [0.4, 0.5) is 4.79 Å². The van der Waals surface area contributed by atoms with E-state index >= 15 is 0 Å². The van der Waals surface area contributed by atoms with Crippen LogP contribution in [0.5, 0.6) is 0 Å². The Hall–Kier alpha value is -4.21. The van der Waals surface area contributed by atoms with Crippen LogP contribution in [-0.4, -0.2) is 51.2 Å². The molecule has 1 saturated carbocycles. The first kappa shape index (κ1) is 22.6. The van der Waals surface area contributed by atoms with Crippen LogP contribution in [0.1, 0.15) is 29.2 Å². The number of fused-ring (bicyclic) bond motifs is 3. The molecule has 1 fully saturated rings. The highest BCUT2D eigenvalue weighted by atomic mass is 16.5. The maximum atomic E-state index is 12.3. The Bertz CT molecular complexity index is 1230. The Morgan fingerprint density at radius 1 is 1.03 bits per heavy atom. The van der Waals surface area contributed by atoms with Crippen molar-refractivity contribution in [1.82, 2.24) is 25.6 Å². The summed E-state index contributed by atoms with van der Waals surface area (Å²) in [6.07, 6.45) is 1.67. The minimum atomic E-state index is -1.02. The van der Waals surface area contributed by atoms with Crippen molar-refractivity contribution in [2.24, 2.45) is 11.8 Å². The molecule has 1 aromatic heterocycles. The molecule has 2 amide bonds. The van der Waals surface area contributed by atoms with Gasteiger partial charge in [0.25, 0.3) is 0 Å². The maximum Gasteiger partial charge on any atom is 0.407 e. The van der Waals surface area contributed by atoms with Gasteiger partial charge in [-0.25, -0.2) is 9.48 Å². The number of carbonyl (C=O) groups excluding carboxylic acids is 2. The molecular weight excluding hydrogens is 450 g/mol. The van der Waals surface area contributed by atoms with Crippen LogP contribution in [0.25, 0.3) is 11.1 Å². The van der Waals surface area contributed by atoms with E-state index in [4.69, 9.17) is 9.84 Å². The molecule has 2 unspecified atom stereocenters. The number of nitrogens with zero attached hydrogens (tertiary/aromatic N) is 3. The summed E-state index contributed by atoms with van der Waals surface area (Å²) in [6, 6.07) is 16.3. The van der Waals surface area contributed by atoms with E-state index in [-0.39, 0.29) is 43.4 Å². The summed E-state index contributed by atoms with van der Waals surface area (Å²) >= 11 is 0. The monoisotopic (exact) mass is 475 g/mol. The highest BCUT2D eigenvalue weighted by Gasteiger charge is 2.43. The van der Waals surface area contributed by atoms with E-state index in [1.165, 1.54) is 22.0 Å². The number of carboxylic acid groups (broad SMARTS) is 1. The number of hydrogen-bond acceptors (Lipinski definition) is 6. The largest absolute Gasteiger partial charge is 0.480 e. The summed E-state index contributed by atoms with van der Waals surface area (Å²) in [4.78, 5) is 35.4. The van der Waals surface area contributed by atoms with E-state index in [2.05, 4.69) is 45.2 Å². The molecule has 5 rings (SSSR count). The normalized spacial score (nSPS) is 17.8. The molecule has 0 bridgehead atoms. The number of benzene rings is 2. The number of ether oxygens (including phenoxy) is 1. The molecular formula is C25H25N5O5. The van der Waals surface area contributed by atoms with Crippen LogP contribution >= 0.6 is 0 Å². The zero-order chi connectivity index (χ0) is 24.4. The number of hydrogen-bond donors (Lipinski definition) is 3. The number of aromatic nitrogens is 3. The van der Waals surface area contributed by atoms with Crippen LogP contribution in [0, 0.1) is 11.8 Å². The predicted molar refractivity (Wildman–Crippen MR) is 124 cm³/mol. The fourth-order valence-electron chi connectivity index (χ4n) is 4.60. The van der Waals surface area contributed by atoms with Crippen molar-refractivity contribution >= 4 is 18.0 Å². The number of rotatable bonds is 9. The van der Waals surface area contributed by atoms with Gasteiger partial charge in [0, 0.05) is 18.4 Å². The number of carbonyl (C=O) groups is 3. The minimum absolute atomic E-state index is 0.000986. The van der Waals surface area contributed by atoms with E-state index in [9.17, 15) is 14.4 Å². The Kier molecular flexibility index (Phi) is 6.17. The Balaban J connectivity index is 1.05. The summed E-state index contributed by atoms with van der Waals surface area (Å²) < 4.78 is 6.74. The lowest BCUT2D eigenvalue weighted by Crippen LogP contribution is -2.30. The van der Waals surface area contributed by atoms with Gasteiger partial charge in [-0.15, -0.1) is 5.10 Å². The van der Waals surface area contributed by atoms with Gasteiger partial charge in [-0.1, -0.05) is 53.7 Å². The van der Waals surface area contributed by atoms with Gasteiger partial charge in [-0.05, 0) is 34.6 Å². The van der Waals surface area contributed by atoms with Gasteiger partial charge in [0.2, 0.25) is 5.91 Å². The summed E-state index contributed by atoms with van der Waals surface area (Å²) in [5, 5.41) is 21.9. The molecule has 10 nitrogen and oxygen atoms in total. The Morgan fingerprint density at radius 3 is 2.40 bits per heavy atom. The van der Waals surface area contributed by atoms with Crippen molar-refractivity contribution in [3.63, 3.8) is 0 Å². The summed E-state index contributed by atoms with van der Waals surface area (Å²) in [6.45, 7) is 0.495. The van der Waals surface area contributed by atoms with Crippen molar-refractivity contribution < 1.29 is 24.2 Å². The second kappa shape index (κ2) is 9.57. The van der Waals surface area contributed by atoms with Gasteiger partial charge >= 0.3 is 12.1 Å². The quantitative estimate of drug-likeness (QED) is 0.431. The van der Waals surface area contributed by atoms with Gasteiger partial charge in [-0.2, -0.15) is 0 Å². The third-order valence-electron chi connectivity index (χ3n) is 6.44. The van der Waals surface area contributed by atoms with Crippen LogP contribution < -0.4 is 10.6 Å². The lowest BCUT2D eigenvalue weighted by Gasteiger charge is -2.14. The van der Waals surface area contributed by atoms with Crippen molar-refractivity contribution in [1.29, 1.82) is 0 Å². The average Bonchev–Trinajstić information content (AvgIpc) is 3.39. The van der Waals surface area contributed by atoms with E-state index in [0.717, 1.165) is 11.1 Å². The van der Waals surface area contributed by atoms with Crippen LogP contribution in [0.2, 0.25) is 0 Å². The lowest BCUT2D eigenvalue weighted by molar-refractivity contribution is -0.138. The standard InChI is InChI=1S/C25H25N5O5/c31-23(32)13-30-12-16(28-29-30)11-26-24(33)21-9-15(21)10-27-25(34)35-14-22-19-7-3-1-5-17(19)18-6-2-4-8-20(18)22/h1-8,12,15,21-22H,9-11,13-14H2,(H,26,33)(H,27,34)(H,31,32). The summed E-state index contributed by atoms with van der Waals surface area (Å²) in [5.41, 5.74) is 5.14. The number of carboxylic acids is 1. The van der Waals surface area contributed by atoms with Gasteiger partial charge in [-0.3, -0.25) is 9.59 Å². The lowest BCUT2D eigenvalue weighted by atomic mass is 9.98. The topological polar surface area (TPSA) is 135 Å². The smallest absolute Gasteiger partial charge is 0.407 e. The molecule has 35 heavy (non-hydrogen) atoms. The summed E-state index contributed by atoms with van der Waals surface area (Å²) in [5.74, 6) is -1.27. The van der Waals surface area contributed by atoms with E-state index in [0.29, 0.717) is 18.7 Å². The first-order valence-corrected chi connectivity index (χ1v) is 11.5. The van der Waals surface area contributed by atoms with Crippen LogP contribution in [-0.2, 0) is 27.4 Å². The molecule has 2 atom stereocenters. The minimum Gasteiger partial charge on any atom is -0.480 e. The van der Waals surface area contributed by atoms with E-state index < -0.39 is 12.1 Å². The Morgan fingerprint density at radius 2 is 1.71 bits per heavy atom. The molecule has 0 spiro atoms. The number of nitrogens with one attached hydrogen (secondary N) is 2. The fourth-order valence-corrected chi connectivity index (χ4v) is 4.60. The molecule has 0 saturated heterocycles. The molecule has 1 heterocycles. The zero-order valence-corrected chi connectivity index (χ0v) is 18.9. The third-order valence-corrected chi connectivity index (χ3v) is 6.44. The second-order valence-corrected chi connectivity index (χ2v) is 8.83. The van der Waals surface area contributed by atoms with Crippen molar-refractivity contribution in [3.8, 4) is 11.1 Å². The molecule has 2 aliphatic carbocycles. The van der Waals surface area contributed by atoms with Gasteiger partial charge < -0.3 is 20.5 Å². The first-order chi connectivity index (χ1) is 17.0. The third kappa shape index (κ3) is 5.01. The van der Waals surface area contributed by atoms with Gasteiger partial charge in [0.05, 0.1) is 12.7 Å². The molecule has 2 aromatic carbocycles. The number of alkyl carbamates (subject to hydrolysis) is 1. The van der Waals surface area contributed by atoms with Crippen molar-refractivity contribution in [2.75, 3.05) is 13.2 Å². The molecule has 3 aromatic rings. The van der Waals surface area contributed by atoms with Crippen molar-refractivity contribution in [3.05, 3.63) is 71.5 Å². The van der Waals surface area contributed by atoms with Crippen molar-refractivity contribution in [2.45, 2.75) is 25.4 Å². The fraction of sp³-hybridized carbons (Fsp3) is 0.320. The average molecular weight is 476 g/mol. The SMILES string of the molecule is O=C(O)Cn1cc(CNC(=O)C2CC2CNC(=O)OCC2c3ccccc3-c3ccccc32)nn1. The first-order valence-electron chi connectivity index (χ1n) is 11.5. The second-order valence-electron chi connectivity index (χ2n) is 8.83. The molecule has 3 N–H and O–H groups in total. The highest BCUT2D eigenvalue weighted by Crippen LogP contribution is 2.44. The molecule has 0 aliphatic heterocycles.